The second-order valence-corrected chi connectivity index (χ2v) is 5.17. The molecule has 1 atom stereocenters. The lowest BCUT2D eigenvalue weighted by molar-refractivity contribution is -0.137. The van der Waals surface area contributed by atoms with Crippen LogP contribution < -0.4 is 0 Å². The number of rotatable bonds is 4. The van der Waals surface area contributed by atoms with Gasteiger partial charge < -0.3 is 5.11 Å². The summed E-state index contributed by atoms with van der Waals surface area (Å²) in [6, 6.07) is 3.85. The Labute approximate surface area is 117 Å². The van der Waals surface area contributed by atoms with Gasteiger partial charge in [0.1, 0.15) is 0 Å². The van der Waals surface area contributed by atoms with E-state index in [9.17, 15) is 4.79 Å². The topological polar surface area (TPSA) is 80.9 Å². The van der Waals surface area contributed by atoms with Gasteiger partial charge in [0, 0.05) is 5.56 Å². The Kier molecular flexibility index (Phi) is 3.83. The first kappa shape index (κ1) is 14.2. The number of aromatic nitrogens is 4. The Morgan fingerprint density at radius 2 is 1.90 bits per heavy atom. The van der Waals surface area contributed by atoms with Crippen molar-refractivity contribution in [1.29, 1.82) is 0 Å². The average Bonchev–Trinajstić information content (AvgIpc) is 2.75. The molecule has 1 unspecified atom stereocenters. The fourth-order valence-electron chi connectivity index (χ4n) is 2.53. The number of tetrazole rings is 1. The summed E-state index contributed by atoms with van der Waals surface area (Å²) in [4.78, 5) is 10.8. The Morgan fingerprint density at radius 3 is 2.45 bits per heavy atom. The van der Waals surface area contributed by atoms with Crippen molar-refractivity contribution in [2.75, 3.05) is 0 Å². The summed E-state index contributed by atoms with van der Waals surface area (Å²) in [6.07, 6.45) is -0.0119. The molecule has 0 spiro atoms. The highest BCUT2D eigenvalue weighted by atomic mass is 16.4. The molecule has 0 bridgehead atoms. The van der Waals surface area contributed by atoms with Crippen molar-refractivity contribution >= 4 is 5.97 Å². The standard InChI is InChI=1S/C14H18N4O2/c1-8-5-9(2)13(10(3)6-8)14-15-16-17-18(14)11(4)7-12(19)20/h5-6,11H,7H2,1-4H3,(H,19,20). The zero-order valence-corrected chi connectivity index (χ0v) is 12.1. The summed E-state index contributed by atoms with van der Waals surface area (Å²) in [5.41, 5.74) is 4.32. The second kappa shape index (κ2) is 5.40. The Hall–Kier alpha value is -2.24. The summed E-state index contributed by atoms with van der Waals surface area (Å²) >= 11 is 0. The molecule has 1 aromatic heterocycles. The molecule has 20 heavy (non-hydrogen) atoms. The minimum Gasteiger partial charge on any atom is -0.481 e. The van der Waals surface area contributed by atoms with Gasteiger partial charge in [-0.05, 0) is 49.2 Å². The summed E-state index contributed by atoms with van der Waals surface area (Å²) in [6.45, 7) is 7.86. The first-order valence-corrected chi connectivity index (χ1v) is 6.48. The van der Waals surface area contributed by atoms with E-state index in [1.165, 1.54) is 5.56 Å². The van der Waals surface area contributed by atoms with Gasteiger partial charge in [0.05, 0.1) is 12.5 Å². The molecule has 1 heterocycles. The molecular weight excluding hydrogens is 256 g/mol. The molecule has 0 aliphatic rings. The van der Waals surface area contributed by atoms with Crippen LogP contribution in [0.2, 0.25) is 0 Å². The highest BCUT2D eigenvalue weighted by Crippen LogP contribution is 2.28. The van der Waals surface area contributed by atoms with Crippen molar-refractivity contribution in [2.24, 2.45) is 0 Å². The summed E-state index contributed by atoms with van der Waals surface area (Å²) < 4.78 is 1.58. The molecule has 106 valence electrons. The lowest BCUT2D eigenvalue weighted by Gasteiger charge is -2.14. The van der Waals surface area contributed by atoms with Crippen LogP contribution in [-0.4, -0.2) is 31.3 Å². The molecule has 0 saturated heterocycles. The van der Waals surface area contributed by atoms with Crippen molar-refractivity contribution in [1.82, 2.24) is 20.2 Å². The molecule has 1 aromatic carbocycles. The normalized spacial score (nSPS) is 12.4. The van der Waals surface area contributed by atoms with E-state index in [1.807, 2.05) is 20.8 Å². The molecular formula is C14H18N4O2. The molecule has 0 fully saturated rings. The average molecular weight is 274 g/mol. The van der Waals surface area contributed by atoms with Crippen LogP contribution in [0, 0.1) is 20.8 Å². The van der Waals surface area contributed by atoms with Crippen molar-refractivity contribution in [2.45, 2.75) is 40.2 Å². The Bertz CT molecular complexity index is 625. The monoisotopic (exact) mass is 274 g/mol. The molecule has 6 nitrogen and oxygen atoms in total. The zero-order valence-electron chi connectivity index (χ0n) is 12.1. The lowest BCUT2D eigenvalue weighted by atomic mass is 9.99. The first-order chi connectivity index (χ1) is 9.40. The smallest absolute Gasteiger partial charge is 0.305 e. The third kappa shape index (κ3) is 2.68. The number of hydrogen-bond acceptors (Lipinski definition) is 4. The SMILES string of the molecule is Cc1cc(C)c(-c2nnnn2C(C)CC(=O)O)c(C)c1. The van der Waals surface area contributed by atoms with E-state index < -0.39 is 5.97 Å². The predicted octanol–water partition coefficient (Wildman–Crippen LogP) is 2.30. The van der Waals surface area contributed by atoms with E-state index >= 15 is 0 Å². The van der Waals surface area contributed by atoms with Gasteiger partial charge in [-0.3, -0.25) is 4.79 Å². The minimum atomic E-state index is -0.865. The van der Waals surface area contributed by atoms with Crippen LogP contribution >= 0.6 is 0 Å². The summed E-state index contributed by atoms with van der Waals surface area (Å²) in [5.74, 6) is -0.245. The lowest BCUT2D eigenvalue weighted by Crippen LogP contribution is -2.14. The maximum Gasteiger partial charge on any atom is 0.305 e. The third-order valence-corrected chi connectivity index (χ3v) is 3.28. The fraction of sp³-hybridized carbons (Fsp3) is 0.429. The Morgan fingerprint density at radius 1 is 1.30 bits per heavy atom. The van der Waals surface area contributed by atoms with E-state index in [2.05, 4.69) is 27.7 Å². The molecule has 0 aliphatic carbocycles. The molecule has 0 radical (unpaired) electrons. The van der Waals surface area contributed by atoms with Gasteiger partial charge >= 0.3 is 5.97 Å². The number of carboxylic acids is 1. The fourth-order valence-corrected chi connectivity index (χ4v) is 2.53. The summed E-state index contributed by atoms with van der Waals surface area (Å²) in [5, 5.41) is 20.6. The highest BCUT2D eigenvalue weighted by molar-refractivity contribution is 5.68. The van der Waals surface area contributed by atoms with E-state index in [0.29, 0.717) is 5.82 Å². The Balaban J connectivity index is 2.50. The van der Waals surface area contributed by atoms with Crippen LogP contribution in [0.1, 0.15) is 36.1 Å². The third-order valence-electron chi connectivity index (χ3n) is 3.28. The van der Waals surface area contributed by atoms with Crippen LogP contribution in [0.3, 0.4) is 0 Å². The number of carboxylic acid groups (broad SMARTS) is 1. The minimum absolute atomic E-state index is 0.0119. The van der Waals surface area contributed by atoms with Crippen molar-refractivity contribution < 1.29 is 9.90 Å². The molecule has 0 aliphatic heterocycles. The molecule has 6 heteroatoms. The van der Waals surface area contributed by atoms with Gasteiger partial charge in [-0.1, -0.05) is 17.7 Å². The van der Waals surface area contributed by atoms with Crippen LogP contribution in [0.4, 0.5) is 0 Å². The van der Waals surface area contributed by atoms with Gasteiger partial charge in [0.15, 0.2) is 5.82 Å². The number of nitrogens with zero attached hydrogens (tertiary/aromatic N) is 4. The van der Waals surface area contributed by atoms with Gasteiger partial charge in [-0.2, -0.15) is 0 Å². The maximum atomic E-state index is 10.8. The quantitative estimate of drug-likeness (QED) is 0.925. The van der Waals surface area contributed by atoms with E-state index in [4.69, 9.17) is 5.11 Å². The zero-order chi connectivity index (χ0) is 14.9. The molecule has 2 rings (SSSR count). The van der Waals surface area contributed by atoms with E-state index in [-0.39, 0.29) is 12.5 Å². The second-order valence-electron chi connectivity index (χ2n) is 5.17. The molecule has 0 saturated carbocycles. The van der Waals surface area contributed by atoms with Crippen LogP contribution in [-0.2, 0) is 4.79 Å². The highest BCUT2D eigenvalue weighted by Gasteiger charge is 2.19. The number of aryl methyl sites for hydroxylation is 3. The molecule has 0 amide bonds. The number of aliphatic carboxylic acids is 1. The van der Waals surface area contributed by atoms with Crippen molar-refractivity contribution in [3.8, 4) is 11.4 Å². The van der Waals surface area contributed by atoms with Crippen molar-refractivity contribution in [3.63, 3.8) is 0 Å². The molecule has 2 aromatic rings. The first-order valence-electron chi connectivity index (χ1n) is 6.48. The number of hydrogen-bond donors (Lipinski definition) is 1. The van der Waals surface area contributed by atoms with Gasteiger partial charge in [0.2, 0.25) is 0 Å². The van der Waals surface area contributed by atoms with E-state index in [1.54, 1.807) is 11.6 Å². The predicted molar refractivity (Wildman–Crippen MR) is 74.4 cm³/mol. The number of carbonyl (C=O) groups is 1. The van der Waals surface area contributed by atoms with Crippen molar-refractivity contribution in [3.05, 3.63) is 28.8 Å². The maximum absolute atomic E-state index is 10.8. The van der Waals surface area contributed by atoms with Gasteiger partial charge in [0.25, 0.3) is 0 Å². The van der Waals surface area contributed by atoms with Gasteiger partial charge in [-0.15, -0.1) is 5.10 Å². The number of benzene rings is 1. The molecule has 1 N–H and O–H groups in total. The van der Waals surface area contributed by atoms with Crippen LogP contribution in [0.5, 0.6) is 0 Å². The van der Waals surface area contributed by atoms with Gasteiger partial charge in [-0.25, -0.2) is 4.68 Å². The van der Waals surface area contributed by atoms with Crippen LogP contribution in [0.25, 0.3) is 11.4 Å². The van der Waals surface area contributed by atoms with Crippen LogP contribution in [0.15, 0.2) is 12.1 Å². The van der Waals surface area contributed by atoms with E-state index in [0.717, 1.165) is 16.7 Å². The largest absolute Gasteiger partial charge is 0.481 e. The summed E-state index contributed by atoms with van der Waals surface area (Å²) in [7, 11) is 0.